The number of aromatic nitrogens is 4. The van der Waals surface area contributed by atoms with Gasteiger partial charge in [0.2, 0.25) is 5.88 Å². The Hall–Kier alpha value is -4.20. The van der Waals surface area contributed by atoms with Crippen molar-refractivity contribution in [3.8, 4) is 17.4 Å². The average Bonchev–Trinajstić information content (AvgIpc) is 3.26. The van der Waals surface area contributed by atoms with Crippen LogP contribution in [0, 0.1) is 0 Å². The molecule has 0 aliphatic heterocycles. The number of carbonyl (C=O) groups excluding carboxylic acids is 1. The second kappa shape index (κ2) is 8.00. The Morgan fingerprint density at radius 2 is 1.57 bits per heavy atom. The number of nitrogens with one attached hydrogen (secondary N) is 2. The van der Waals surface area contributed by atoms with Crippen LogP contribution >= 0.6 is 0 Å². The van der Waals surface area contributed by atoms with Crippen LogP contribution in [-0.4, -0.2) is 26.0 Å². The van der Waals surface area contributed by atoms with Crippen LogP contribution in [0.15, 0.2) is 85.2 Å². The van der Waals surface area contributed by atoms with Crippen LogP contribution < -0.4 is 15.4 Å². The predicted molar refractivity (Wildman–Crippen MR) is 105 cm³/mol. The van der Waals surface area contributed by atoms with E-state index in [0.29, 0.717) is 23.1 Å². The fourth-order valence-electron chi connectivity index (χ4n) is 2.44. The number of urea groups is 1. The minimum Gasteiger partial charge on any atom is -0.438 e. The van der Waals surface area contributed by atoms with E-state index in [1.807, 2.05) is 36.4 Å². The number of hydrogen-bond acceptors (Lipinski definition) is 5. The van der Waals surface area contributed by atoms with Crippen LogP contribution in [0.5, 0.6) is 11.6 Å². The summed E-state index contributed by atoms with van der Waals surface area (Å²) in [4.78, 5) is 12.0. The van der Waals surface area contributed by atoms with Crippen LogP contribution in [0.25, 0.3) is 5.82 Å². The van der Waals surface area contributed by atoms with Gasteiger partial charge in [0.05, 0.1) is 0 Å². The summed E-state index contributed by atoms with van der Waals surface area (Å²) in [6, 6.07) is 21.1. The Kier molecular flexibility index (Phi) is 4.92. The van der Waals surface area contributed by atoms with Gasteiger partial charge in [-0.1, -0.05) is 18.2 Å². The van der Waals surface area contributed by atoms with Gasteiger partial charge in [-0.3, -0.25) is 0 Å². The maximum Gasteiger partial charge on any atom is 0.323 e. The molecule has 0 atom stereocenters. The number of carbonyl (C=O) groups is 1. The predicted octanol–water partition coefficient (Wildman–Crippen LogP) is 4.10. The number of anilines is 2. The number of benzene rings is 2. The zero-order valence-corrected chi connectivity index (χ0v) is 14.7. The maximum atomic E-state index is 12.0. The van der Waals surface area contributed by atoms with Crippen molar-refractivity contribution in [2.45, 2.75) is 0 Å². The molecule has 0 radical (unpaired) electrons. The van der Waals surface area contributed by atoms with E-state index >= 15 is 0 Å². The van der Waals surface area contributed by atoms with Crippen LogP contribution in [0.3, 0.4) is 0 Å². The molecule has 0 spiro atoms. The molecule has 2 amide bonds. The second-order valence-corrected chi connectivity index (χ2v) is 5.75. The molecule has 0 aliphatic carbocycles. The molecule has 138 valence electrons. The maximum absolute atomic E-state index is 12.0. The van der Waals surface area contributed by atoms with Crippen molar-refractivity contribution in [1.29, 1.82) is 0 Å². The Morgan fingerprint density at radius 1 is 0.821 bits per heavy atom. The smallest absolute Gasteiger partial charge is 0.323 e. The monoisotopic (exact) mass is 372 g/mol. The van der Waals surface area contributed by atoms with E-state index < -0.39 is 0 Å². The van der Waals surface area contributed by atoms with E-state index in [9.17, 15) is 4.79 Å². The molecular formula is C20H16N6O2. The van der Waals surface area contributed by atoms with Gasteiger partial charge in [0.15, 0.2) is 5.82 Å². The summed E-state index contributed by atoms with van der Waals surface area (Å²) in [5.74, 6) is 1.54. The molecule has 0 unspecified atom stereocenters. The zero-order chi connectivity index (χ0) is 19.2. The molecule has 28 heavy (non-hydrogen) atoms. The van der Waals surface area contributed by atoms with Crippen molar-refractivity contribution >= 4 is 17.4 Å². The summed E-state index contributed by atoms with van der Waals surface area (Å²) in [5.41, 5.74) is 1.36. The lowest BCUT2D eigenvalue weighted by atomic mass is 10.3. The first-order valence-corrected chi connectivity index (χ1v) is 8.51. The third-order valence-corrected chi connectivity index (χ3v) is 3.73. The second-order valence-electron chi connectivity index (χ2n) is 5.75. The van der Waals surface area contributed by atoms with Gasteiger partial charge in [-0.2, -0.15) is 5.10 Å². The first-order valence-electron chi connectivity index (χ1n) is 8.51. The molecule has 8 nitrogen and oxygen atoms in total. The highest BCUT2D eigenvalue weighted by atomic mass is 16.5. The SMILES string of the molecule is O=C(Nc1ccccc1)Nc1ccc(Oc2ccc(-n3cccn3)nn2)cc1. The number of amides is 2. The number of para-hydroxylation sites is 1. The molecule has 0 saturated heterocycles. The topological polar surface area (TPSA) is 94.0 Å². The molecule has 4 aromatic rings. The molecule has 2 aromatic heterocycles. The summed E-state index contributed by atoms with van der Waals surface area (Å²) in [7, 11) is 0. The normalized spacial score (nSPS) is 10.3. The largest absolute Gasteiger partial charge is 0.438 e. The number of rotatable bonds is 5. The van der Waals surface area contributed by atoms with Gasteiger partial charge in [-0.15, -0.1) is 10.2 Å². The van der Waals surface area contributed by atoms with Crippen molar-refractivity contribution in [1.82, 2.24) is 20.0 Å². The molecule has 2 heterocycles. The molecule has 0 aliphatic rings. The Labute approximate surface area is 160 Å². The fourth-order valence-corrected chi connectivity index (χ4v) is 2.44. The van der Waals surface area contributed by atoms with Gasteiger partial charge in [-0.25, -0.2) is 9.48 Å². The quantitative estimate of drug-likeness (QED) is 0.550. The molecular weight excluding hydrogens is 356 g/mol. The van der Waals surface area contributed by atoms with Crippen LogP contribution in [0.1, 0.15) is 0 Å². The van der Waals surface area contributed by atoms with Gasteiger partial charge < -0.3 is 15.4 Å². The average molecular weight is 372 g/mol. The van der Waals surface area contributed by atoms with Crippen LogP contribution in [0.2, 0.25) is 0 Å². The summed E-state index contributed by atoms with van der Waals surface area (Å²) in [6.07, 6.45) is 3.45. The standard InChI is InChI=1S/C20H16N6O2/c27-20(22-15-5-2-1-3-6-15)23-16-7-9-17(10-8-16)28-19-12-11-18(24-25-19)26-14-4-13-21-26/h1-14H,(H2,22,23,27). The van der Waals surface area contributed by atoms with Crippen molar-refractivity contribution in [3.05, 3.63) is 85.2 Å². The minimum atomic E-state index is -0.319. The van der Waals surface area contributed by atoms with Gasteiger partial charge in [0.25, 0.3) is 0 Å². The van der Waals surface area contributed by atoms with Gasteiger partial charge in [-0.05, 0) is 48.5 Å². The van der Waals surface area contributed by atoms with E-state index in [2.05, 4.69) is 25.9 Å². The lowest BCUT2D eigenvalue weighted by Crippen LogP contribution is -2.19. The highest BCUT2D eigenvalue weighted by Crippen LogP contribution is 2.21. The lowest BCUT2D eigenvalue weighted by molar-refractivity contribution is 0.262. The van der Waals surface area contributed by atoms with E-state index in [-0.39, 0.29) is 6.03 Å². The van der Waals surface area contributed by atoms with E-state index in [1.54, 1.807) is 53.5 Å². The molecule has 2 N–H and O–H groups in total. The molecule has 4 rings (SSSR count). The molecule has 8 heteroatoms. The summed E-state index contributed by atoms with van der Waals surface area (Å²) in [6.45, 7) is 0. The van der Waals surface area contributed by atoms with Gasteiger partial charge in [0.1, 0.15) is 5.75 Å². The van der Waals surface area contributed by atoms with Gasteiger partial charge in [0, 0.05) is 29.8 Å². The third kappa shape index (κ3) is 4.31. The number of nitrogens with zero attached hydrogens (tertiary/aromatic N) is 4. The lowest BCUT2D eigenvalue weighted by Gasteiger charge is -2.09. The van der Waals surface area contributed by atoms with Crippen LogP contribution in [-0.2, 0) is 0 Å². The first kappa shape index (κ1) is 17.2. The van der Waals surface area contributed by atoms with Crippen molar-refractivity contribution in [2.75, 3.05) is 10.6 Å². The van der Waals surface area contributed by atoms with E-state index in [1.165, 1.54) is 0 Å². The summed E-state index contributed by atoms with van der Waals surface area (Å²) >= 11 is 0. The van der Waals surface area contributed by atoms with Gasteiger partial charge >= 0.3 is 6.03 Å². The number of hydrogen-bond donors (Lipinski definition) is 2. The highest BCUT2D eigenvalue weighted by molar-refractivity contribution is 5.99. The van der Waals surface area contributed by atoms with Crippen molar-refractivity contribution in [2.24, 2.45) is 0 Å². The van der Waals surface area contributed by atoms with E-state index in [4.69, 9.17) is 4.74 Å². The molecule has 0 saturated carbocycles. The highest BCUT2D eigenvalue weighted by Gasteiger charge is 2.05. The molecule has 2 aromatic carbocycles. The molecule has 0 bridgehead atoms. The minimum absolute atomic E-state index is 0.319. The first-order chi connectivity index (χ1) is 13.8. The molecule has 0 fully saturated rings. The Morgan fingerprint density at radius 3 is 2.21 bits per heavy atom. The van der Waals surface area contributed by atoms with Crippen LogP contribution in [0.4, 0.5) is 16.2 Å². The van der Waals surface area contributed by atoms with Crippen molar-refractivity contribution < 1.29 is 9.53 Å². The summed E-state index contributed by atoms with van der Waals surface area (Å²) in [5, 5.41) is 17.7. The third-order valence-electron chi connectivity index (χ3n) is 3.73. The number of ether oxygens (including phenoxy) is 1. The van der Waals surface area contributed by atoms with E-state index in [0.717, 1.165) is 5.69 Å². The Balaban J connectivity index is 1.35. The fraction of sp³-hybridized carbons (Fsp3) is 0. The zero-order valence-electron chi connectivity index (χ0n) is 14.7. The Bertz CT molecular complexity index is 1030. The summed E-state index contributed by atoms with van der Waals surface area (Å²) < 4.78 is 7.28. The van der Waals surface area contributed by atoms with Crippen molar-refractivity contribution in [3.63, 3.8) is 0 Å².